The molecule has 2 heterocycles. The molecule has 0 aliphatic rings. The van der Waals surface area contributed by atoms with Crippen LogP contribution < -0.4 is 16.6 Å². The third kappa shape index (κ3) is 5.14. The largest absolute Gasteiger partial charge is 0.351 e. The zero-order valence-electron chi connectivity index (χ0n) is 16.5. The molecule has 0 saturated heterocycles. The molecule has 1 aromatic carbocycles. The Labute approximate surface area is 172 Å². The SMILES string of the molecule is CCCn1c(=O)[nH]c(=O)c2cc(C(=O)NCCSCc3ccc(C)cc3)cnc21. The first-order chi connectivity index (χ1) is 14.0. The first-order valence-electron chi connectivity index (χ1n) is 9.54. The maximum Gasteiger partial charge on any atom is 0.329 e. The molecule has 1 amide bonds. The standard InChI is InChI=1S/C21H24N4O3S/c1-3-9-25-18-17(20(27)24-21(25)28)11-16(12-23-18)19(26)22-8-10-29-13-15-6-4-14(2)5-7-15/h4-7,11-12H,3,8-10,13H2,1-2H3,(H,22,26)(H,24,27,28). The lowest BCUT2D eigenvalue weighted by molar-refractivity contribution is 0.0956. The molecule has 0 atom stereocenters. The lowest BCUT2D eigenvalue weighted by Gasteiger charge is -2.09. The summed E-state index contributed by atoms with van der Waals surface area (Å²) in [5, 5.41) is 3.08. The Morgan fingerprint density at radius 3 is 2.72 bits per heavy atom. The number of carbonyl (C=O) groups is 1. The molecule has 0 radical (unpaired) electrons. The summed E-state index contributed by atoms with van der Waals surface area (Å²) >= 11 is 1.74. The van der Waals surface area contributed by atoms with E-state index in [0.717, 1.165) is 17.9 Å². The fourth-order valence-corrected chi connectivity index (χ4v) is 3.76. The summed E-state index contributed by atoms with van der Waals surface area (Å²) in [5.74, 6) is 1.37. The number of aryl methyl sites for hydroxylation is 2. The molecule has 152 valence electrons. The van der Waals surface area contributed by atoms with Gasteiger partial charge in [0.2, 0.25) is 0 Å². The highest BCUT2D eigenvalue weighted by atomic mass is 32.2. The molecule has 0 spiro atoms. The Hall–Kier alpha value is -2.87. The van der Waals surface area contributed by atoms with Gasteiger partial charge in [-0.2, -0.15) is 11.8 Å². The van der Waals surface area contributed by atoms with E-state index in [-0.39, 0.29) is 11.3 Å². The number of rotatable bonds is 8. The molecule has 7 nitrogen and oxygen atoms in total. The number of carbonyl (C=O) groups excluding carboxylic acids is 1. The van der Waals surface area contributed by atoms with Crippen LogP contribution in [0, 0.1) is 6.92 Å². The summed E-state index contributed by atoms with van der Waals surface area (Å²) in [7, 11) is 0. The number of nitrogens with zero attached hydrogens (tertiary/aromatic N) is 2. The number of aromatic nitrogens is 3. The number of hydrogen-bond acceptors (Lipinski definition) is 5. The van der Waals surface area contributed by atoms with E-state index in [2.05, 4.69) is 46.5 Å². The van der Waals surface area contributed by atoms with Gasteiger partial charge in [0.25, 0.3) is 11.5 Å². The van der Waals surface area contributed by atoms with E-state index in [4.69, 9.17) is 0 Å². The van der Waals surface area contributed by atoms with Crippen molar-refractivity contribution in [3.8, 4) is 0 Å². The van der Waals surface area contributed by atoms with Crippen LogP contribution in [0.4, 0.5) is 0 Å². The van der Waals surface area contributed by atoms with Crippen molar-refractivity contribution in [1.29, 1.82) is 0 Å². The minimum atomic E-state index is -0.534. The first kappa shape index (κ1) is 20.9. The number of pyridine rings is 1. The summed E-state index contributed by atoms with van der Waals surface area (Å²) in [4.78, 5) is 43.0. The minimum Gasteiger partial charge on any atom is -0.351 e. The van der Waals surface area contributed by atoms with E-state index in [9.17, 15) is 14.4 Å². The lowest BCUT2D eigenvalue weighted by Crippen LogP contribution is -2.31. The number of H-pyrrole nitrogens is 1. The molecular formula is C21H24N4O3S. The number of thioether (sulfide) groups is 1. The fraction of sp³-hybridized carbons (Fsp3) is 0.333. The average molecular weight is 413 g/mol. The van der Waals surface area contributed by atoms with Crippen molar-refractivity contribution in [2.45, 2.75) is 32.6 Å². The third-order valence-corrected chi connectivity index (χ3v) is 5.49. The maximum absolute atomic E-state index is 12.4. The number of benzene rings is 1. The highest BCUT2D eigenvalue weighted by molar-refractivity contribution is 7.98. The molecule has 3 aromatic rings. The van der Waals surface area contributed by atoms with Gasteiger partial charge in [0, 0.05) is 30.8 Å². The molecular weight excluding hydrogens is 388 g/mol. The molecule has 0 unspecified atom stereocenters. The molecule has 2 N–H and O–H groups in total. The van der Waals surface area contributed by atoms with Gasteiger partial charge in [-0.05, 0) is 25.0 Å². The van der Waals surface area contributed by atoms with E-state index < -0.39 is 11.2 Å². The van der Waals surface area contributed by atoms with Crippen LogP contribution in [-0.4, -0.2) is 32.7 Å². The van der Waals surface area contributed by atoms with Gasteiger partial charge in [-0.15, -0.1) is 0 Å². The quantitative estimate of drug-likeness (QED) is 0.554. The van der Waals surface area contributed by atoms with Crippen molar-refractivity contribution in [3.63, 3.8) is 0 Å². The van der Waals surface area contributed by atoms with E-state index in [0.29, 0.717) is 24.3 Å². The van der Waals surface area contributed by atoms with Crippen molar-refractivity contribution >= 4 is 28.7 Å². The highest BCUT2D eigenvalue weighted by Gasteiger charge is 2.12. The molecule has 8 heteroatoms. The Kier molecular flexibility index (Phi) is 6.87. The van der Waals surface area contributed by atoms with Crippen molar-refractivity contribution in [3.05, 3.63) is 74.1 Å². The Bertz CT molecular complexity index is 1120. The van der Waals surface area contributed by atoms with Crippen molar-refractivity contribution < 1.29 is 4.79 Å². The zero-order chi connectivity index (χ0) is 20.8. The van der Waals surface area contributed by atoms with Crippen molar-refractivity contribution in [2.75, 3.05) is 12.3 Å². The molecule has 0 fully saturated rings. The predicted molar refractivity (Wildman–Crippen MR) is 117 cm³/mol. The summed E-state index contributed by atoms with van der Waals surface area (Å²) in [5.41, 5.74) is 2.07. The minimum absolute atomic E-state index is 0.236. The summed E-state index contributed by atoms with van der Waals surface area (Å²) in [6.45, 7) is 4.95. The number of amides is 1. The molecule has 3 rings (SSSR count). The molecule has 0 aliphatic carbocycles. The Morgan fingerprint density at radius 2 is 2.00 bits per heavy atom. The number of hydrogen-bond donors (Lipinski definition) is 2. The number of fused-ring (bicyclic) bond motifs is 1. The second-order valence-electron chi connectivity index (χ2n) is 6.80. The van der Waals surface area contributed by atoms with Crippen molar-refractivity contribution in [2.24, 2.45) is 0 Å². The first-order valence-corrected chi connectivity index (χ1v) is 10.7. The summed E-state index contributed by atoms with van der Waals surface area (Å²) in [6.07, 6.45) is 2.13. The van der Waals surface area contributed by atoms with Crippen LogP contribution in [-0.2, 0) is 12.3 Å². The van der Waals surface area contributed by atoms with Gasteiger partial charge in [0.05, 0.1) is 10.9 Å². The summed E-state index contributed by atoms with van der Waals surface area (Å²) < 4.78 is 1.42. The number of nitrogens with one attached hydrogen (secondary N) is 2. The van der Waals surface area contributed by atoms with Crippen LogP contribution in [0.3, 0.4) is 0 Å². The van der Waals surface area contributed by atoms with Gasteiger partial charge in [-0.25, -0.2) is 9.78 Å². The Balaban J connectivity index is 1.61. The van der Waals surface area contributed by atoms with Crippen LogP contribution in [0.25, 0.3) is 11.0 Å². The monoisotopic (exact) mass is 412 g/mol. The van der Waals surface area contributed by atoms with Gasteiger partial charge < -0.3 is 5.32 Å². The molecule has 29 heavy (non-hydrogen) atoms. The predicted octanol–water partition coefficient (Wildman–Crippen LogP) is 2.47. The maximum atomic E-state index is 12.4. The van der Waals surface area contributed by atoms with Gasteiger partial charge in [0.1, 0.15) is 5.65 Å². The van der Waals surface area contributed by atoms with E-state index >= 15 is 0 Å². The zero-order valence-corrected chi connectivity index (χ0v) is 17.3. The van der Waals surface area contributed by atoms with E-state index in [1.165, 1.54) is 28.0 Å². The van der Waals surface area contributed by atoms with E-state index in [1.807, 2.05) is 6.92 Å². The second kappa shape index (κ2) is 9.56. The summed E-state index contributed by atoms with van der Waals surface area (Å²) in [6, 6.07) is 9.88. The lowest BCUT2D eigenvalue weighted by atomic mass is 10.2. The molecule has 0 saturated carbocycles. The van der Waals surface area contributed by atoms with Crippen LogP contribution in [0.1, 0.15) is 34.8 Å². The second-order valence-corrected chi connectivity index (χ2v) is 7.91. The van der Waals surface area contributed by atoms with Gasteiger partial charge in [0.15, 0.2) is 0 Å². The topological polar surface area (TPSA) is 96.9 Å². The van der Waals surface area contributed by atoms with Crippen LogP contribution in [0.2, 0.25) is 0 Å². The smallest absolute Gasteiger partial charge is 0.329 e. The highest BCUT2D eigenvalue weighted by Crippen LogP contribution is 2.12. The van der Waals surface area contributed by atoms with Gasteiger partial charge in [-0.1, -0.05) is 36.8 Å². The Morgan fingerprint density at radius 1 is 1.24 bits per heavy atom. The number of aromatic amines is 1. The van der Waals surface area contributed by atoms with Crippen molar-refractivity contribution in [1.82, 2.24) is 19.9 Å². The van der Waals surface area contributed by atoms with Crippen LogP contribution >= 0.6 is 11.8 Å². The third-order valence-electron chi connectivity index (χ3n) is 4.46. The molecule has 0 aliphatic heterocycles. The van der Waals surface area contributed by atoms with E-state index in [1.54, 1.807) is 11.8 Å². The molecule has 2 aromatic heterocycles. The van der Waals surface area contributed by atoms with Gasteiger partial charge in [-0.3, -0.25) is 19.1 Å². The van der Waals surface area contributed by atoms with Crippen LogP contribution in [0.15, 0.2) is 46.1 Å². The van der Waals surface area contributed by atoms with Gasteiger partial charge >= 0.3 is 5.69 Å². The average Bonchev–Trinajstić information content (AvgIpc) is 2.71. The van der Waals surface area contributed by atoms with Crippen LogP contribution in [0.5, 0.6) is 0 Å². The molecule has 0 bridgehead atoms. The normalized spacial score (nSPS) is 11.0. The fourth-order valence-electron chi connectivity index (χ4n) is 2.94.